The lowest BCUT2D eigenvalue weighted by Gasteiger charge is -2.28. The summed E-state index contributed by atoms with van der Waals surface area (Å²) in [5, 5.41) is 8.99. The molecule has 0 radical (unpaired) electrons. The van der Waals surface area contributed by atoms with Crippen LogP contribution in [0.2, 0.25) is 0 Å². The fourth-order valence-corrected chi connectivity index (χ4v) is 2.36. The first-order chi connectivity index (χ1) is 6.79. The Morgan fingerprint density at radius 1 is 1.29 bits per heavy atom. The van der Waals surface area contributed by atoms with Gasteiger partial charge in [0.2, 0.25) is 0 Å². The lowest BCUT2D eigenvalue weighted by atomic mass is 9.87. The summed E-state index contributed by atoms with van der Waals surface area (Å²) in [5.74, 6) is -0.757. The van der Waals surface area contributed by atoms with Crippen LogP contribution in [0.4, 0.5) is 0 Å². The van der Waals surface area contributed by atoms with E-state index in [0.717, 1.165) is 19.4 Å². The minimum absolute atomic E-state index is 0.118. The monoisotopic (exact) mass is 200 g/mol. The molecule has 3 unspecified atom stereocenters. The maximum atomic E-state index is 10.9. The van der Waals surface area contributed by atoms with E-state index in [1.54, 1.807) is 0 Å². The van der Waals surface area contributed by atoms with Gasteiger partial charge in [0.1, 0.15) is 0 Å². The third kappa shape index (κ3) is 1.91. The van der Waals surface area contributed by atoms with Crippen LogP contribution in [0, 0.1) is 11.8 Å². The van der Waals surface area contributed by atoms with Crippen molar-refractivity contribution in [1.29, 1.82) is 0 Å². The Hall–Kier alpha value is -0.610. The molecular formula is C10H16O4. The fourth-order valence-electron chi connectivity index (χ4n) is 2.36. The van der Waals surface area contributed by atoms with Crippen LogP contribution in [0.5, 0.6) is 0 Å². The first-order valence-corrected chi connectivity index (χ1v) is 5.21. The largest absolute Gasteiger partial charge is 0.481 e. The minimum atomic E-state index is -0.724. The third-order valence-electron chi connectivity index (χ3n) is 3.11. The molecule has 0 aromatic carbocycles. The molecule has 2 fully saturated rings. The molecule has 0 aromatic heterocycles. The summed E-state index contributed by atoms with van der Waals surface area (Å²) in [4.78, 5) is 10.9. The molecule has 0 amide bonds. The topological polar surface area (TPSA) is 55.8 Å². The third-order valence-corrected chi connectivity index (χ3v) is 3.11. The van der Waals surface area contributed by atoms with E-state index in [2.05, 4.69) is 0 Å². The van der Waals surface area contributed by atoms with E-state index in [9.17, 15) is 4.79 Å². The number of rotatable bonds is 2. The molecule has 0 spiro atoms. The Morgan fingerprint density at radius 2 is 2.14 bits per heavy atom. The zero-order chi connectivity index (χ0) is 9.97. The highest BCUT2D eigenvalue weighted by Gasteiger charge is 2.39. The smallest absolute Gasteiger partial charge is 0.309 e. The lowest BCUT2D eigenvalue weighted by Crippen LogP contribution is -2.36. The van der Waals surface area contributed by atoms with Crippen LogP contribution in [0.15, 0.2) is 0 Å². The van der Waals surface area contributed by atoms with Crippen molar-refractivity contribution in [1.82, 2.24) is 0 Å². The number of carbonyl (C=O) groups is 1. The van der Waals surface area contributed by atoms with Gasteiger partial charge in [-0.25, -0.2) is 0 Å². The summed E-state index contributed by atoms with van der Waals surface area (Å²) >= 11 is 0. The van der Waals surface area contributed by atoms with Gasteiger partial charge in [-0.05, 0) is 19.3 Å². The van der Waals surface area contributed by atoms with Crippen molar-refractivity contribution >= 4 is 5.97 Å². The van der Waals surface area contributed by atoms with Crippen molar-refractivity contribution < 1.29 is 19.4 Å². The Labute approximate surface area is 83.2 Å². The molecule has 0 bridgehead atoms. The highest BCUT2D eigenvalue weighted by atomic mass is 16.5. The Kier molecular flexibility index (Phi) is 3.03. The number of hydrogen-bond donors (Lipinski definition) is 1. The first-order valence-electron chi connectivity index (χ1n) is 5.21. The van der Waals surface area contributed by atoms with Gasteiger partial charge in [-0.15, -0.1) is 0 Å². The molecule has 2 rings (SSSR count). The van der Waals surface area contributed by atoms with E-state index in [1.165, 1.54) is 0 Å². The molecule has 4 nitrogen and oxygen atoms in total. The highest BCUT2D eigenvalue weighted by Crippen LogP contribution is 2.31. The molecule has 3 atom stereocenters. The van der Waals surface area contributed by atoms with Crippen LogP contribution in [-0.2, 0) is 14.3 Å². The summed E-state index contributed by atoms with van der Waals surface area (Å²) in [6.45, 7) is 2.05. The van der Waals surface area contributed by atoms with Crippen LogP contribution in [-0.4, -0.2) is 37.0 Å². The second-order valence-corrected chi connectivity index (χ2v) is 4.05. The quantitative estimate of drug-likeness (QED) is 0.719. The lowest BCUT2D eigenvalue weighted by molar-refractivity contribution is -0.145. The van der Waals surface area contributed by atoms with Gasteiger partial charge >= 0.3 is 5.97 Å². The fraction of sp³-hybridized carbons (Fsp3) is 0.900. The molecule has 14 heavy (non-hydrogen) atoms. The van der Waals surface area contributed by atoms with Gasteiger partial charge in [0.15, 0.2) is 0 Å². The van der Waals surface area contributed by atoms with E-state index >= 15 is 0 Å². The van der Waals surface area contributed by atoms with Crippen molar-refractivity contribution in [2.45, 2.75) is 25.4 Å². The van der Waals surface area contributed by atoms with Crippen molar-refractivity contribution in [3.05, 3.63) is 0 Å². The predicted octanol–water partition coefficient (Wildman–Crippen LogP) is 0.903. The van der Waals surface area contributed by atoms with Crippen LogP contribution in [0.1, 0.15) is 19.3 Å². The Bertz CT molecular complexity index is 210. The molecule has 0 aromatic rings. The molecule has 80 valence electrons. The molecule has 4 heteroatoms. The van der Waals surface area contributed by atoms with Crippen LogP contribution in [0.25, 0.3) is 0 Å². The van der Waals surface area contributed by atoms with Gasteiger partial charge in [-0.3, -0.25) is 4.79 Å². The number of ether oxygens (including phenoxy) is 2. The van der Waals surface area contributed by atoms with E-state index in [1.807, 2.05) is 0 Å². The zero-order valence-corrected chi connectivity index (χ0v) is 8.15. The van der Waals surface area contributed by atoms with Crippen molar-refractivity contribution in [2.24, 2.45) is 11.8 Å². The molecule has 2 saturated heterocycles. The number of hydrogen-bond acceptors (Lipinski definition) is 3. The number of carboxylic acid groups (broad SMARTS) is 1. The standard InChI is InChI=1S/C10H16O4/c11-10(12)8-3-5-14-9(8)7-2-1-4-13-6-7/h7-9H,1-6H2,(H,11,12). The Balaban J connectivity index is 1.97. The average molecular weight is 200 g/mol. The SMILES string of the molecule is O=C(O)C1CCOC1C1CCCOC1. The molecule has 2 heterocycles. The van der Waals surface area contributed by atoms with Crippen molar-refractivity contribution in [3.63, 3.8) is 0 Å². The van der Waals surface area contributed by atoms with Crippen LogP contribution in [0.3, 0.4) is 0 Å². The molecule has 0 aliphatic carbocycles. The highest BCUT2D eigenvalue weighted by molar-refractivity contribution is 5.71. The maximum absolute atomic E-state index is 10.9. The summed E-state index contributed by atoms with van der Waals surface area (Å²) < 4.78 is 10.9. The molecule has 1 N–H and O–H groups in total. The summed E-state index contributed by atoms with van der Waals surface area (Å²) in [6, 6.07) is 0. The molecule has 2 aliphatic heterocycles. The van der Waals surface area contributed by atoms with Gasteiger partial charge in [0, 0.05) is 19.1 Å². The van der Waals surface area contributed by atoms with Crippen LogP contribution >= 0.6 is 0 Å². The summed E-state index contributed by atoms with van der Waals surface area (Å²) in [6.07, 6.45) is 2.59. The number of carboxylic acids is 1. The van der Waals surface area contributed by atoms with Crippen molar-refractivity contribution in [2.75, 3.05) is 19.8 Å². The summed E-state index contributed by atoms with van der Waals surface area (Å²) in [5.41, 5.74) is 0. The minimum Gasteiger partial charge on any atom is -0.481 e. The Morgan fingerprint density at radius 3 is 2.79 bits per heavy atom. The van der Waals surface area contributed by atoms with Gasteiger partial charge in [0.25, 0.3) is 0 Å². The average Bonchev–Trinajstić information content (AvgIpc) is 2.67. The first kappa shape index (κ1) is 9.93. The van der Waals surface area contributed by atoms with Gasteiger partial charge in [-0.1, -0.05) is 0 Å². The van der Waals surface area contributed by atoms with E-state index in [0.29, 0.717) is 19.6 Å². The van der Waals surface area contributed by atoms with Gasteiger partial charge in [-0.2, -0.15) is 0 Å². The predicted molar refractivity (Wildman–Crippen MR) is 49.0 cm³/mol. The number of aliphatic carboxylic acids is 1. The molecule has 0 saturated carbocycles. The van der Waals surface area contributed by atoms with E-state index < -0.39 is 5.97 Å². The second kappa shape index (κ2) is 4.28. The molecule has 2 aliphatic rings. The van der Waals surface area contributed by atoms with Crippen LogP contribution < -0.4 is 0 Å². The van der Waals surface area contributed by atoms with Gasteiger partial charge < -0.3 is 14.6 Å². The zero-order valence-electron chi connectivity index (χ0n) is 8.15. The second-order valence-electron chi connectivity index (χ2n) is 4.05. The van der Waals surface area contributed by atoms with E-state index in [4.69, 9.17) is 14.6 Å². The van der Waals surface area contributed by atoms with Gasteiger partial charge in [0.05, 0.1) is 18.6 Å². The van der Waals surface area contributed by atoms with Crippen molar-refractivity contribution in [3.8, 4) is 0 Å². The summed E-state index contributed by atoms with van der Waals surface area (Å²) in [7, 11) is 0. The maximum Gasteiger partial charge on any atom is 0.309 e. The molecular weight excluding hydrogens is 184 g/mol. The normalized spacial score (nSPS) is 38.4. The van der Waals surface area contributed by atoms with E-state index in [-0.39, 0.29) is 17.9 Å².